The van der Waals surface area contributed by atoms with Crippen molar-refractivity contribution in [2.75, 3.05) is 17.4 Å². The first-order chi connectivity index (χ1) is 14.2. The van der Waals surface area contributed by atoms with Crippen molar-refractivity contribution in [1.82, 2.24) is 0 Å². The highest BCUT2D eigenvalue weighted by Gasteiger charge is 2.33. The minimum absolute atomic E-state index is 0.000217. The maximum Gasteiger partial charge on any atom is 0.334 e. The highest BCUT2D eigenvalue weighted by atomic mass is 35.5. The van der Waals surface area contributed by atoms with Crippen LogP contribution < -0.4 is 9.64 Å². The first kappa shape index (κ1) is 24.2. The molecule has 2 rings (SSSR count). The Hall–Kier alpha value is -2.12. The van der Waals surface area contributed by atoms with Gasteiger partial charge in [0.15, 0.2) is 0 Å². The molecule has 0 radical (unpaired) electrons. The number of ether oxygens (including phenoxy) is 2. The van der Waals surface area contributed by atoms with Crippen molar-refractivity contribution in [2.24, 2.45) is 0 Å². The molecule has 0 saturated carbocycles. The van der Waals surface area contributed by atoms with Crippen LogP contribution in [-0.4, -0.2) is 36.4 Å². The van der Waals surface area contributed by atoms with Gasteiger partial charge in [0.25, 0.3) is 5.91 Å². The van der Waals surface area contributed by atoms with E-state index in [4.69, 9.17) is 32.7 Å². The quantitative estimate of drug-likeness (QED) is 0.432. The Morgan fingerprint density at radius 3 is 2.37 bits per heavy atom. The zero-order valence-corrected chi connectivity index (χ0v) is 18.6. The van der Waals surface area contributed by atoms with Gasteiger partial charge in [0.05, 0.1) is 23.4 Å². The van der Waals surface area contributed by atoms with E-state index >= 15 is 0 Å². The van der Waals surface area contributed by atoms with Crippen molar-refractivity contribution in [3.05, 3.63) is 34.1 Å². The second-order valence-electron chi connectivity index (χ2n) is 6.95. The van der Waals surface area contributed by atoms with Crippen LogP contribution in [0.2, 0.25) is 5.02 Å². The standard InChI is InChI=1S/C21H24Cl2FNO5/c1-4-29-21(28)14-8-6-5-7-13(14)20(27)25(19(26)11-22)17-10-18(30-12(2)3)15(23)9-16(17)24/h9-10,12H,4-8,11H2,1-3H3. The third-order valence-corrected chi connectivity index (χ3v) is 4.94. The van der Waals surface area contributed by atoms with Gasteiger partial charge in [-0.15, -0.1) is 11.6 Å². The molecule has 0 atom stereocenters. The summed E-state index contributed by atoms with van der Waals surface area (Å²) in [4.78, 5) is 38.9. The summed E-state index contributed by atoms with van der Waals surface area (Å²) >= 11 is 11.7. The average molecular weight is 460 g/mol. The van der Waals surface area contributed by atoms with Crippen LogP contribution in [0.15, 0.2) is 23.3 Å². The normalized spacial score (nSPS) is 14.0. The van der Waals surface area contributed by atoms with Crippen molar-refractivity contribution in [2.45, 2.75) is 52.6 Å². The van der Waals surface area contributed by atoms with Gasteiger partial charge in [-0.2, -0.15) is 0 Å². The Kier molecular flexibility index (Phi) is 8.67. The molecule has 0 saturated heterocycles. The summed E-state index contributed by atoms with van der Waals surface area (Å²) in [5.74, 6) is -3.58. The van der Waals surface area contributed by atoms with E-state index in [1.165, 1.54) is 6.07 Å². The van der Waals surface area contributed by atoms with Crippen LogP contribution >= 0.6 is 23.2 Å². The van der Waals surface area contributed by atoms with Crippen molar-refractivity contribution in [3.8, 4) is 5.75 Å². The molecule has 1 aromatic carbocycles. The van der Waals surface area contributed by atoms with Crippen molar-refractivity contribution < 1.29 is 28.2 Å². The molecule has 164 valence electrons. The smallest absolute Gasteiger partial charge is 0.334 e. The molecule has 6 nitrogen and oxygen atoms in total. The SMILES string of the molecule is CCOC(=O)C1=C(C(=O)N(C(=O)CCl)c2cc(OC(C)C)c(Cl)cc2F)CCCC1. The summed E-state index contributed by atoms with van der Waals surface area (Å²) in [6.45, 7) is 5.32. The fraction of sp³-hybridized carbons (Fsp3) is 0.476. The second kappa shape index (κ2) is 10.8. The number of nitrogens with zero attached hydrogens (tertiary/aromatic N) is 1. The van der Waals surface area contributed by atoms with Gasteiger partial charge in [0.1, 0.15) is 17.4 Å². The number of amides is 2. The fourth-order valence-electron chi connectivity index (χ4n) is 3.17. The molecule has 0 aliphatic heterocycles. The van der Waals surface area contributed by atoms with E-state index in [0.29, 0.717) is 24.2 Å². The van der Waals surface area contributed by atoms with Crippen LogP contribution in [0, 0.1) is 5.82 Å². The molecular formula is C21H24Cl2FNO5. The average Bonchev–Trinajstić information content (AvgIpc) is 2.70. The molecule has 0 aromatic heterocycles. The molecule has 2 amide bonds. The number of carbonyl (C=O) groups is 3. The molecule has 0 unspecified atom stereocenters. The van der Waals surface area contributed by atoms with Gasteiger partial charge >= 0.3 is 5.97 Å². The summed E-state index contributed by atoms with van der Waals surface area (Å²) in [5, 5.41) is -0.000217. The van der Waals surface area contributed by atoms with Crippen LogP contribution in [-0.2, 0) is 19.1 Å². The van der Waals surface area contributed by atoms with E-state index in [9.17, 15) is 18.8 Å². The van der Waals surface area contributed by atoms with Gasteiger partial charge in [-0.3, -0.25) is 9.59 Å². The third kappa shape index (κ3) is 5.52. The van der Waals surface area contributed by atoms with Crippen molar-refractivity contribution in [3.63, 3.8) is 0 Å². The highest BCUT2D eigenvalue weighted by Crippen LogP contribution is 2.35. The van der Waals surface area contributed by atoms with E-state index < -0.39 is 29.5 Å². The number of alkyl halides is 1. The van der Waals surface area contributed by atoms with Crippen LogP contribution in [0.3, 0.4) is 0 Å². The molecule has 0 heterocycles. The van der Waals surface area contributed by atoms with E-state index in [1.54, 1.807) is 20.8 Å². The number of halogens is 3. The van der Waals surface area contributed by atoms with Crippen LogP contribution in [0.1, 0.15) is 46.5 Å². The fourth-order valence-corrected chi connectivity index (χ4v) is 3.48. The summed E-state index contributed by atoms with van der Waals surface area (Å²) in [6.07, 6.45) is 1.69. The number of carbonyl (C=O) groups excluding carboxylic acids is 3. The maximum atomic E-state index is 14.8. The second-order valence-corrected chi connectivity index (χ2v) is 7.63. The molecule has 0 N–H and O–H groups in total. The largest absolute Gasteiger partial charge is 0.489 e. The Morgan fingerprint density at radius 1 is 1.17 bits per heavy atom. The molecule has 9 heteroatoms. The first-order valence-corrected chi connectivity index (χ1v) is 10.6. The van der Waals surface area contributed by atoms with E-state index in [1.807, 2.05) is 0 Å². The molecule has 0 fully saturated rings. The van der Waals surface area contributed by atoms with Gasteiger partial charge in [-0.1, -0.05) is 11.6 Å². The van der Waals surface area contributed by atoms with Crippen molar-refractivity contribution in [1.29, 1.82) is 0 Å². The number of rotatable bonds is 7. The highest BCUT2D eigenvalue weighted by molar-refractivity contribution is 6.35. The Balaban J connectivity index is 2.59. The summed E-state index contributed by atoms with van der Waals surface area (Å²) < 4.78 is 25.4. The lowest BCUT2D eigenvalue weighted by Crippen LogP contribution is -2.40. The molecular weight excluding hydrogens is 436 g/mol. The van der Waals surface area contributed by atoms with Crippen LogP contribution in [0.25, 0.3) is 0 Å². The first-order valence-electron chi connectivity index (χ1n) is 9.69. The number of esters is 1. The molecule has 1 aliphatic carbocycles. The molecule has 1 aliphatic rings. The topological polar surface area (TPSA) is 72.9 Å². The molecule has 1 aromatic rings. The Morgan fingerprint density at radius 2 is 1.80 bits per heavy atom. The van der Waals surface area contributed by atoms with Gasteiger partial charge in [0.2, 0.25) is 5.91 Å². The number of benzene rings is 1. The number of hydrogen-bond acceptors (Lipinski definition) is 5. The van der Waals surface area contributed by atoms with Gasteiger partial charge in [-0.05, 0) is 52.5 Å². The molecule has 30 heavy (non-hydrogen) atoms. The summed E-state index contributed by atoms with van der Waals surface area (Å²) in [5.41, 5.74) is -0.0145. The Labute approximate surface area is 184 Å². The monoisotopic (exact) mass is 459 g/mol. The molecule has 0 bridgehead atoms. The lowest BCUT2D eigenvalue weighted by molar-refractivity contribution is -0.139. The van der Waals surface area contributed by atoms with Crippen LogP contribution in [0.5, 0.6) is 5.75 Å². The van der Waals surface area contributed by atoms with Crippen molar-refractivity contribution >= 4 is 46.7 Å². The third-order valence-electron chi connectivity index (χ3n) is 4.42. The number of imide groups is 1. The Bertz CT molecular complexity index is 869. The van der Waals surface area contributed by atoms with Gasteiger partial charge < -0.3 is 9.47 Å². The number of anilines is 1. The molecule has 0 spiro atoms. The van der Waals surface area contributed by atoms with E-state index in [0.717, 1.165) is 6.07 Å². The zero-order valence-electron chi connectivity index (χ0n) is 17.1. The predicted molar refractivity (Wildman–Crippen MR) is 113 cm³/mol. The lowest BCUT2D eigenvalue weighted by Gasteiger charge is -2.26. The van der Waals surface area contributed by atoms with E-state index in [2.05, 4.69) is 0 Å². The maximum absolute atomic E-state index is 14.8. The van der Waals surface area contributed by atoms with E-state index in [-0.39, 0.29) is 46.7 Å². The summed E-state index contributed by atoms with van der Waals surface area (Å²) in [7, 11) is 0. The number of hydrogen-bond donors (Lipinski definition) is 0. The van der Waals surface area contributed by atoms with Gasteiger partial charge in [-0.25, -0.2) is 14.1 Å². The predicted octanol–water partition coefficient (Wildman–Crippen LogP) is 4.80. The lowest BCUT2D eigenvalue weighted by atomic mass is 9.90. The summed E-state index contributed by atoms with van der Waals surface area (Å²) in [6, 6.07) is 2.16. The van der Waals surface area contributed by atoms with Crippen LogP contribution in [0.4, 0.5) is 10.1 Å². The minimum atomic E-state index is -0.892. The zero-order chi connectivity index (χ0) is 22.4. The van der Waals surface area contributed by atoms with Gasteiger partial charge in [0, 0.05) is 17.2 Å². The minimum Gasteiger partial charge on any atom is -0.489 e.